The molecule has 0 aliphatic carbocycles. The second-order valence-electron chi connectivity index (χ2n) is 5.86. The van der Waals surface area contributed by atoms with E-state index in [1.165, 1.54) is 0 Å². The third-order valence-electron chi connectivity index (χ3n) is 3.89. The molecule has 0 saturated carbocycles. The molecule has 0 aliphatic rings. The van der Waals surface area contributed by atoms with Crippen LogP contribution in [0.3, 0.4) is 0 Å². The Morgan fingerprint density at radius 3 is 2.19 bits per heavy atom. The van der Waals surface area contributed by atoms with Gasteiger partial charge in [-0.3, -0.25) is 0 Å². The van der Waals surface area contributed by atoms with Gasteiger partial charge in [-0.15, -0.1) is 0 Å². The van der Waals surface area contributed by atoms with Gasteiger partial charge in [0.25, 0.3) is 0 Å². The van der Waals surface area contributed by atoms with Crippen LogP contribution >= 0.6 is 0 Å². The predicted octanol–water partition coefficient (Wildman–Crippen LogP) is 2.06. The molecule has 0 bridgehead atoms. The minimum absolute atomic E-state index is 0.347. The molecule has 5 nitrogen and oxygen atoms in total. The van der Waals surface area contributed by atoms with E-state index in [1.807, 2.05) is 66.7 Å². The largest absolute Gasteiger partial charge is 0.492 e. The second kappa shape index (κ2) is 9.06. The Hall–Kier alpha value is -2.80. The van der Waals surface area contributed by atoms with Crippen molar-refractivity contribution in [1.29, 1.82) is 0 Å². The summed E-state index contributed by atoms with van der Waals surface area (Å²) in [4.78, 5) is 0. The van der Waals surface area contributed by atoms with E-state index in [0.29, 0.717) is 24.4 Å². The van der Waals surface area contributed by atoms with Crippen molar-refractivity contribution in [2.75, 3.05) is 5.43 Å². The highest BCUT2D eigenvalue weighted by molar-refractivity contribution is 6.59. The van der Waals surface area contributed by atoms with Crippen LogP contribution in [-0.4, -0.2) is 17.2 Å². The fourth-order valence-electron chi connectivity index (χ4n) is 2.55. The van der Waals surface area contributed by atoms with Crippen LogP contribution in [-0.2, 0) is 13.2 Å². The molecule has 0 radical (unpaired) electrons. The van der Waals surface area contributed by atoms with Crippen molar-refractivity contribution >= 4 is 18.3 Å². The third-order valence-corrected chi connectivity index (χ3v) is 3.89. The first kappa shape index (κ1) is 18.0. The molecular weight excluding hydrogens is 327 g/mol. The van der Waals surface area contributed by atoms with Gasteiger partial charge in [-0.2, -0.15) is 0 Å². The lowest BCUT2D eigenvalue weighted by molar-refractivity contribution is 0.306. The molecule has 4 N–H and O–H groups in total. The smallest absolute Gasteiger partial charge is 0.489 e. The third kappa shape index (κ3) is 5.10. The van der Waals surface area contributed by atoms with Crippen LogP contribution in [0.1, 0.15) is 11.1 Å². The van der Waals surface area contributed by atoms with Crippen molar-refractivity contribution in [2.24, 2.45) is 0 Å². The lowest BCUT2D eigenvalue weighted by Crippen LogP contribution is -2.32. The molecule has 0 amide bonds. The number of nitrogens with one attached hydrogen (secondary N) is 2. The number of rotatable bonds is 8. The topological polar surface area (TPSA) is 73.8 Å². The van der Waals surface area contributed by atoms with Crippen LogP contribution in [0.2, 0.25) is 0 Å². The minimum atomic E-state index is -1.59. The van der Waals surface area contributed by atoms with E-state index in [1.54, 1.807) is 12.1 Å². The van der Waals surface area contributed by atoms with Crippen molar-refractivity contribution in [1.82, 2.24) is 5.43 Å². The zero-order chi connectivity index (χ0) is 18.2. The summed E-state index contributed by atoms with van der Waals surface area (Å²) in [5, 5.41) is 19.3. The van der Waals surface area contributed by atoms with E-state index in [-0.39, 0.29) is 0 Å². The van der Waals surface area contributed by atoms with Crippen molar-refractivity contribution in [3.05, 3.63) is 90.0 Å². The Morgan fingerprint density at radius 1 is 0.808 bits per heavy atom. The number of hydrogen-bond donors (Lipinski definition) is 4. The molecule has 0 unspecified atom stereocenters. The summed E-state index contributed by atoms with van der Waals surface area (Å²) in [6.07, 6.45) is 0. The highest BCUT2D eigenvalue weighted by atomic mass is 16.5. The molecule has 0 spiro atoms. The minimum Gasteiger partial charge on any atom is -0.489 e. The molecule has 0 fully saturated rings. The first-order valence-corrected chi connectivity index (χ1v) is 8.42. The normalized spacial score (nSPS) is 10.4. The van der Waals surface area contributed by atoms with Gasteiger partial charge in [-0.05, 0) is 29.3 Å². The number of para-hydroxylation sites is 1. The molecule has 6 heteroatoms. The van der Waals surface area contributed by atoms with E-state index in [0.717, 1.165) is 16.8 Å². The van der Waals surface area contributed by atoms with E-state index >= 15 is 0 Å². The zero-order valence-corrected chi connectivity index (χ0v) is 14.3. The predicted molar refractivity (Wildman–Crippen MR) is 104 cm³/mol. The van der Waals surface area contributed by atoms with Crippen LogP contribution in [0.15, 0.2) is 78.9 Å². The average molecular weight is 348 g/mol. The Kier molecular flexibility index (Phi) is 6.27. The Morgan fingerprint density at radius 2 is 1.50 bits per heavy atom. The van der Waals surface area contributed by atoms with Crippen LogP contribution in [0, 0.1) is 0 Å². The molecule has 0 heterocycles. The van der Waals surface area contributed by atoms with Crippen molar-refractivity contribution in [3.63, 3.8) is 0 Å². The van der Waals surface area contributed by atoms with Gasteiger partial charge in [0.1, 0.15) is 12.4 Å². The summed E-state index contributed by atoms with van der Waals surface area (Å²) >= 11 is 0. The number of hydrazine groups is 1. The summed E-state index contributed by atoms with van der Waals surface area (Å²) in [6, 6.07) is 24.9. The van der Waals surface area contributed by atoms with Gasteiger partial charge >= 0.3 is 7.12 Å². The highest BCUT2D eigenvalue weighted by Crippen LogP contribution is 2.13. The standard InChI is InChI=1S/C20H21BN2O3/c24-21(25)19-13-17(14-22-23-18-9-5-2-6-10-18)11-12-20(19)26-15-16-7-3-1-4-8-16/h1-13,22-25H,14-15H2. The van der Waals surface area contributed by atoms with Gasteiger partial charge in [0.05, 0.1) is 0 Å². The molecular formula is C20H21BN2O3. The first-order chi connectivity index (χ1) is 12.7. The second-order valence-corrected chi connectivity index (χ2v) is 5.86. The molecule has 3 aromatic carbocycles. The Labute approximate surface area is 153 Å². The lowest BCUT2D eigenvalue weighted by Gasteiger charge is -2.14. The maximum absolute atomic E-state index is 9.67. The van der Waals surface area contributed by atoms with E-state index in [2.05, 4.69) is 10.9 Å². The van der Waals surface area contributed by atoms with E-state index < -0.39 is 7.12 Å². The van der Waals surface area contributed by atoms with Gasteiger partial charge in [-0.25, -0.2) is 5.43 Å². The van der Waals surface area contributed by atoms with Crippen LogP contribution in [0.4, 0.5) is 5.69 Å². The van der Waals surface area contributed by atoms with Crippen LogP contribution in [0.25, 0.3) is 0 Å². The van der Waals surface area contributed by atoms with Crippen molar-refractivity contribution < 1.29 is 14.8 Å². The summed E-state index contributed by atoms with van der Waals surface area (Å²) in [7, 11) is -1.59. The zero-order valence-electron chi connectivity index (χ0n) is 14.3. The molecule has 0 saturated heterocycles. The van der Waals surface area contributed by atoms with Crippen LogP contribution in [0.5, 0.6) is 5.75 Å². The van der Waals surface area contributed by atoms with Gasteiger partial charge < -0.3 is 20.2 Å². The lowest BCUT2D eigenvalue weighted by atomic mass is 9.78. The quantitative estimate of drug-likeness (QED) is 0.371. The Balaban J connectivity index is 1.62. The fourth-order valence-corrected chi connectivity index (χ4v) is 2.55. The molecule has 0 aromatic heterocycles. The van der Waals surface area contributed by atoms with E-state index in [4.69, 9.17) is 4.74 Å². The number of ether oxygens (including phenoxy) is 1. The average Bonchev–Trinajstić information content (AvgIpc) is 2.68. The van der Waals surface area contributed by atoms with Gasteiger partial charge in [0, 0.05) is 17.7 Å². The summed E-state index contributed by atoms with van der Waals surface area (Å²) < 4.78 is 5.76. The molecule has 132 valence electrons. The van der Waals surface area contributed by atoms with Gasteiger partial charge in [-0.1, -0.05) is 60.7 Å². The summed E-state index contributed by atoms with van der Waals surface area (Å²) in [6.45, 7) is 0.890. The summed E-state index contributed by atoms with van der Waals surface area (Å²) in [5.74, 6) is 0.462. The van der Waals surface area contributed by atoms with Crippen molar-refractivity contribution in [3.8, 4) is 5.75 Å². The molecule has 3 aromatic rings. The van der Waals surface area contributed by atoms with Crippen molar-refractivity contribution in [2.45, 2.75) is 13.2 Å². The maximum Gasteiger partial charge on any atom is 0.492 e. The number of anilines is 1. The van der Waals surface area contributed by atoms with Crippen LogP contribution < -0.4 is 21.1 Å². The Bertz CT molecular complexity index is 814. The first-order valence-electron chi connectivity index (χ1n) is 8.42. The van der Waals surface area contributed by atoms with Gasteiger partial charge in [0.15, 0.2) is 0 Å². The molecule has 0 aliphatic heterocycles. The fraction of sp³-hybridized carbons (Fsp3) is 0.100. The molecule has 0 atom stereocenters. The summed E-state index contributed by atoms with van der Waals surface area (Å²) in [5.41, 5.74) is 9.43. The molecule has 3 rings (SSSR count). The maximum atomic E-state index is 9.67. The number of benzene rings is 3. The van der Waals surface area contributed by atoms with E-state index in [9.17, 15) is 10.0 Å². The monoisotopic (exact) mass is 348 g/mol. The molecule has 26 heavy (non-hydrogen) atoms. The van der Waals surface area contributed by atoms with Gasteiger partial charge in [0.2, 0.25) is 0 Å². The SMILES string of the molecule is OB(O)c1cc(CNNc2ccccc2)ccc1OCc1ccccc1. The highest BCUT2D eigenvalue weighted by Gasteiger charge is 2.18. The number of hydrogen-bond acceptors (Lipinski definition) is 5.